The zero-order valence-electron chi connectivity index (χ0n) is 19.3. The van der Waals surface area contributed by atoms with Gasteiger partial charge in [-0.25, -0.2) is 14.8 Å². The Kier molecular flexibility index (Phi) is 5.90. The second kappa shape index (κ2) is 8.66. The second-order valence-electron chi connectivity index (χ2n) is 9.40. The molecule has 0 bridgehead atoms. The number of rotatable bonds is 2. The Hall–Kier alpha value is -3.73. The molecule has 8 heteroatoms. The van der Waals surface area contributed by atoms with E-state index in [4.69, 9.17) is 15.0 Å². The van der Waals surface area contributed by atoms with Gasteiger partial charge < -0.3 is 14.7 Å². The standard InChI is InChI=1S/C25H27N5O3/c1-15-10-16(12-26)11-21(31)22(15)18-7-8-19-23(28-18)29-20(13-27-19)17-6-5-9-30(14-17)24(32)33-25(2,3)4/h7-8,10-11,13,17,31H,5-6,9,14H2,1-4H3. The first-order chi connectivity index (χ1) is 15.6. The van der Waals surface area contributed by atoms with Crippen LogP contribution in [0.2, 0.25) is 0 Å². The molecule has 0 spiro atoms. The summed E-state index contributed by atoms with van der Waals surface area (Å²) < 4.78 is 5.53. The lowest BCUT2D eigenvalue weighted by molar-refractivity contribution is 0.0197. The maximum atomic E-state index is 12.5. The second-order valence-corrected chi connectivity index (χ2v) is 9.40. The minimum absolute atomic E-state index is 0.00259. The smallest absolute Gasteiger partial charge is 0.410 e. The fourth-order valence-corrected chi connectivity index (χ4v) is 4.12. The molecule has 1 N–H and O–H groups in total. The van der Waals surface area contributed by atoms with Crippen molar-refractivity contribution in [2.45, 2.75) is 52.1 Å². The van der Waals surface area contributed by atoms with Crippen LogP contribution in [0.3, 0.4) is 0 Å². The number of nitrogens with zero attached hydrogens (tertiary/aromatic N) is 5. The molecule has 0 aliphatic carbocycles. The van der Waals surface area contributed by atoms with Gasteiger partial charge in [0.25, 0.3) is 0 Å². The summed E-state index contributed by atoms with van der Waals surface area (Å²) in [5.41, 5.74) is 3.63. The van der Waals surface area contributed by atoms with Crippen molar-refractivity contribution < 1.29 is 14.6 Å². The Morgan fingerprint density at radius 1 is 1.27 bits per heavy atom. The normalized spacial score (nSPS) is 16.5. The van der Waals surface area contributed by atoms with Gasteiger partial charge in [-0.3, -0.25) is 4.98 Å². The van der Waals surface area contributed by atoms with Crippen LogP contribution in [0.25, 0.3) is 22.4 Å². The molecule has 1 aromatic carbocycles. The molecule has 2 aromatic heterocycles. The Bertz CT molecular complexity index is 1240. The summed E-state index contributed by atoms with van der Waals surface area (Å²) in [6.07, 6.45) is 3.19. The summed E-state index contributed by atoms with van der Waals surface area (Å²) >= 11 is 0. The third-order valence-electron chi connectivity index (χ3n) is 5.62. The van der Waals surface area contributed by atoms with Crippen molar-refractivity contribution in [2.75, 3.05) is 13.1 Å². The lowest BCUT2D eigenvalue weighted by Crippen LogP contribution is -2.42. The molecular formula is C25H27N5O3. The number of aromatic hydroxyl groups is 1. The number of hydrogen-bond acceptors (Lipinski definition) is 7. The van der Waals surface area contributed by atoms with E-state index in [1.54, 1.807) is 23.2 Å². The average Bonchev–Trinajstić information content (AvgIpc) is 2.77. The number of pyridine rings is 1. The van der Waals surface area contributed by atoms with Gasteiger partial charge in [-0.05, 0) is 70.4 Å². The van der Waals surface area contributed by atoms with Gasteiger partial charge in [0, 0.05) is 30.8 Å². The van der Waals surface area contributed by atoms with Gasteiger partial charge in [-0.15, -0.1) is 0 Å². The quantitative estimate of drug-likeness (QED) is 0.609. The highest BCUT2D eigenvalue weighted by molar-refractivity contribution is 5.78. The lowest BCUT2D eigenvalue weighted by Gasteiger charge is -2.33. The van der Waals surface area contributed by atoms with Crippen molar-refractivity contribution in [1.29, 1.82) is 5.26 Å². The molecular weight excluding hydrogens is 418 g/mol. The summed E-state index contributed by atoms with van der Waals surface area (Å²) in [5.74, 6) is 0.0430. The summed E-state index contributed by atoms with van der Waals surface area (Å²) in [5, 5.41) is 19.6. The third-order valence-corrected chi connectivity index (χ3v) is 5.62. The third kappa shape index (κ3) is 4.87. The number of hydrogen-bond donors (Lipinski definition) is 1. The molecule has 1 fully saturated rings. The molecule has 1 amide bonds. The SMILES string of the molecule is Cc1cc(C#N)cc(O)c1-c1ccc2ncc(C3CCCN(C(=O)OC(C)(C)C)C3)nc2n1. The molecule has 1 atom stereocenters. The van der Waals surface area contributed by atoms with E-state index in [0.717, 1.165) is 24.1 Å². The Morgan fingerprint density at radius 3 is 2.76 bits per heavy atom. The monoisotopic (exact) mass is 445 g/mol. The van der Waals surface area contributed by atoms with Crippen LogP contribution in [0.4, 0.5) is 4.79 Å². The Balaban J connectivity index is 1.63. The minimum atomic E-state index is -0.539. The molecule has 33 heavy (non-hydrogen) atoms. The first kappa shape index (κ1) is 22.5. The number of benzene rings is 1. The number of amides is 1. The minimum Gasteiger partial charge on any atom is -0.507 e. The van der Waals surface area contributed by atoms with Crippen molar-refractivity contribution in [3.63, 3.8) is 0 Å². The average molecular weight is 446 g/mol. The summed E-state index contributed by atoms with van der Waals surface area (Å²) in [4.78, 5) is 28.2. The van der Waals surface area contributed by atoms with Crippen molar-refractivity contribution in [3.8, 4) is 23.1 Å². The summed E-state index contributed by atoms with van der Waals surface area (Å²) in [7, 11) is 0. The topological polar surface area (TPSA) is 112 Å². The van der Waals surface area contributed by atoms with Crippen LogP contribution < -0.4 is 0 Å². The number of ether oxygens (including phenoxy) is 1. The van der Waals surface area contributed by atoms with Gasteiger partial charge in [0.2, 0.25) is 0 Å². The number of fused-ring (bicyclic) bond motifs is 1. The van der Waals surface area contributed by atoms with Gasteiger partial charge in [0.05, 0.1) is 23.0 Å². The number of piperidine rings is 1. The number of phenolic OH excluding ortho intramolecular Hbond substituents is 1. The van der Waals surface area contributed by atoms with Crippen LogP contribution in [0.5, 0.6) is 5.75 Å². The fraction of sp³-hybridized carbons (Fsp3) is 0.400. The maximum Gasteiger partial charge on any atom is 0.410 e. The first-order valence-corrected chi connectivity index (χ1v) is 11.0. The van der Waals surface area contributed by atoms with E-state index in [0.29, 0.717) is 41.1 Å². The van der Waals surface area contributed by atoms with Gasteiger partial charge in [0.15, 0.2) is 5.65 Å². The fourth-order valence-electron chi connectivity index (χ4n) is 4.12. The van der Waals surface area contributed by atoms with E-state index >= 15 is 0 Å². The molecule has 4 rings (SSSR count). The molecule has 1 unspecified atom stereocenters. The maximum absolute atomic E-state index is 12.5. The van der Waals surface area contributed by atoms with Gasteiger partial charge >= 0.3 is 6.09 Å². The van der Waals surface area contributed by atoms with Crippen molar-refractivity contribution in [1.82, 2.24) is 19.9 Å². The van der Waals surface area contributed by atoms with E-state index in [-0.39, 0.29) is 17.8 Å². The predicted molar refractivity (Wildman–Crippen MR) is 124 cm³/mol. The number of phenols is 1. The first-order valence-electron chi connectivity index (χ1n) is 11.0. The predicted octanol–water partition coefficient (Wildman–Crippen LogP) is 4.69. The molecule has 3 heterocycles. The zero-order chi connectivity index (χ0) is 23.8. The van der Waals surface area contributed by atoms with Gasteiger partial charge in [0.1, 0.15) is 16.9 Å². The summed E-state index contributed by atoms with van der Waals surface area (Å²) in [6, 6.07) is 8.80. The van der Waals surface area contributed by atoms with Crippen LogP contribution in [-0.2, 0) is 4.74 Å². The molecule has 1 saturated heterocycles. The van der Waals surface area contributed by atoms with Crippen molar-refractivity contribution in [2.24, 2.45) is 0 Å². The van der Waals surface area contributed by atoms with Gasteiger partial charge in [-0.1, -0.05) is 0 Å². The molecule has 1 aliphatic rings. The van der Waals surface area contributed by atoms with Crippen LogP contribution in [0.15, 0.2) is 30.5 Å². The number of carbonyl (C=O) groups is 1. The highest BCUT2D eigenvalue weighted by atomic mass is 16.6. The van der Waals surface area contributed by atoms with Crippen LogP contribution in [-0.4, -0.2) is 49.7 Å². The van der Waals surface area contributed by atoms with Crippen molar-refractivity contribution >= 4 is 17.3 Å². The number of likely N-dealkylation sites (tertiary alicyclic amines) is 1. The lowest BCUT2D eigenvalue weighted by atomic mass is 9.95. The van der Waals surface area contributed by atoms with E-state index < -0.39 is 5.60 Å². The van der Waals surface area contributed by atoms with Crippen LogP contribution in [0.1, 0.15) is 56.4 Å². The highest BCUT2D eigenvalue weighted by Crippen LogP contribution is 2.33. The number of aryl methyl sites for hydroxylation is 1. The molecule has 0 saturated carbocycles. The molecule has 170 valence electrons. The van der Waals surface area contributed by atoms with Crippen LogP contribution >= 0.6 is 0 Å². The zero-order valence-corrected chi connectivity index (χ0v) is 19.3. The summed E-state index contributed by atoms with van der Waals surface area (Å²) in [6.45, 7) is 8.58. The Morgan fingerprint density at radius 2 is 2.06 bits per heavy atom. The largest absolute Gasteiger partial charge is 0.507 e. The molecule has 0 radical (unpaired) electrons. The van der Waals surface area contributed by atoms with E-state index in [1.807, 2.05) is 39.8 Å². The van der Waals surface area contributed by atoms with E-state index in [1.165, 1.54) is 6.07 Å². The molecule has 8 nitrogen and oxygen atoms in total. The van der Waals surface area contributed by atoms with E-state index in [2.05, 4.69) is 9.97 Å². The number of carbonyl (C=O) groups excluding carboxylic acids is 1. The van der Waals surface area contributed by atoms with E-state index in [9.17, 15) is 9.90 Å². The molecule has 1 aliphatic heterocycles. The number of nitriles is 1. The Labute approximate surface area is 192 Å². The van der Waals surface area contributed by atoms with Crippen LogP contribution in [0, 0.1) is 18.3 Å². The van der Waals surface area contributed by atoms with Crippen molar-refractivity contribution in [3.05, 3.63) is 47.3 Å². The number of aromatic nitrogens is 3. The highest BCUT2D eigenvalue weighted by Gasteiger charge is 2.29. The molecule has 3 aromatic rings. The van der Waals surface area contributed by atoms with Gasteiger partial charge in [-0.2, -0.15) is 5.26 Å².